The molecule has 3 nitrogen and oxygen atoms in total. The minimum Gasteiger partial charge on any atom is -0.350 e. The molecule has 2 aliphatic rings. The molecule has 116 valence electrons. The smallest absolute Gasteiger partial charge is 0.117 e. The summed E-state index contributed by atoms with van der Waals surface area (Å²) in [5, 5.41) is 12.4. The largest absolute Gasteiger partial charge is 0.350 e. The van der Waals surface area contributed by atoms with E-state index in [9.17, 15) is 0 Å². The van der Waals surface area contributed by atoms with Gasteiger partial charge in [0.1, 0.15) is 11.8 Å². The van der Waals surface area contributed by atoms with Crippen molar-refractivity contribution >= 4 is 22.9 Å². The van der Waals surface area contributed by atoms with E-state index in [1.54, 1.807) is 0 Å². The van der Waals surface area contributed by atoms with Crippen LogP contribution in [0.5, 0.6) is 0 Å². The van der Waals surface area contributed by atoms with Crippen molar-refractivity contribution < 1.29 is 0 Å². The third-order valence-corrected chi connectivity index (χ3v) is 5.74. The third-order valence-electron chi connectivity index (χ3n) is 5.25. The first-order valence-corrected chi connectivity index (χ1v) is 8.65. The second kappa shape index (κ2) is 5.50. The van der Waals surface area contributed by atoms with Crippen LogP contribution in [0.25, 0.3) is 0 Å². The quantitative estimate of drug-likeness (QED) is 0.804. The van der Waals surface area contributed by atoms with Crippen LogP contribution >= 0.6 is 12.2 Å². The molecule has 2 aromatic rings. The van der Waals surface area contributed by atoms with Gasteiger partial charge in [0.15, 0.2) is 0 Å². The Morgan fingerprint density at radius 1 is 1.13 bits per heavy atom. The number of hydrogen-bond acceptors (Lipinski definition) is 2. The van der Waals surface area contributed by atoms with Gasteiger partial charge in [-0.05, 0) is 42.2 Å². The topological polar surface area (TPSA) is 51.6 Å². The van der Waals surface area contributed by atoms with Crippen molar-refractivity contribution in [3.63, 3.8) is 0 Å². The zero-order valence-corrected chi connectivity index (χ0v) is 13.8. The molecule has 0 saturated heterocycles. The number of nitriles is 1. The lowest BCUT2D eigenvalue weighted by Gasteiger charge is -2.33. The monoisotopic (exact) mass is 321 g/mol. The van der Waals surface area contributed by atoms with Crippen molar-refractivity contribution in [1.82, 2.24) is 4.98 Å². The van der Waals surface area contributed by atoms with Crippen LogP contribution < -0.4 is 5.32 Å². The Morgan fingerprint density at radius 2 is 1.96 bits per heavy atom. The lowest BCUT2D eigenvalue weighted by Crippen LogP contribution is -2.35. The average molecular weight is 321 g/mol. The average Bonchev–Trinajstić information content (AvgIpc) is 3.13. The molecule has 0 radical (unpaired) electrons. The standard InChI is InChI=1S/C19H19N3S/c20-12-15-6-5-14(21-15)10-13-4-7-17-16(11-13)19(18(23)22-17)8-2-1-3-9-19/h4-7,11,21H,1-3,8-10H2,(H,22,23). The summed E-state index contributed by atoms with van der Waals surface area (Å²) in [4.78, 5) is 4.17. The summed E-state index contributed by atoms with van der Waals surface area (Å²) >= 11 is 5.69. The maximum absolute atomic E-state index is 8.94. The van der Waals surface area contributed by atoms with Crippen molar-refractivity contribution in [1.29, 1.82) is 5.26 Å². The highest BCUT2D eigenvalue weighted by Gasteiger charge is 2.44. The van der Waals surface area contributed by atoms with Gasteiger partial charge in [-0.2, -0.15) is 5.26 Å². The molecule has 1 fully saturated rings. The lowest BCUT2D eigenvalue weighted by molar-refractivity contribution is 0.389. The van der Waals surface area contributed by atoms with Crippen LogP contribution in [0.3, 0.4) is 0 Å². The van der Waals surface area contributed by atoms with Crippen LogP contribution in [0.2, 0.25) is 0 Å². The van der Waals surface area contributed by atoms with Crippen molar-refractivity contribution in [2.45, 2.75) is 43.9 Å². The number of thiocarbonyl (C=S) groups is 1. The molecule has 0 bridgehead atoms. The Balaban J connectivity index is 1.68. The number of hydrogen-bond donors (Lipinski definition) is 2. The van der Waals surface area contributed by atoms with E-state index in [0.29, 0.717) is 5.69 Å². The van der Waals surface area contributed by atoms with Gasteiger partial charge < -0.3 is 10.3 Å². The number of benzene rings is 1. The highest BCUT2D eigenvalue weighted by molar-refractivity contribution is 7.80. The third kappa shape index (κ3) is 2.36. The van der Waals surface area contributed by atoms with Crippen LogP contribution in [0, 0.1) is 11.3 Å². The molecule has 2 N–H and O–H groups in total. The summed E-state index contributed by atoms with van der Waals surface area (Å²) < 4.78 is 0. The molecular weight excluding hydrogens is 302 g/mol. The van der Waals surface area contributed by atoms with Crippen LogP contribution in [0.1, 0.15) is 54.6 Å². The number of nitrogens with one attached hydrogen (secondary N) is 2. The molecule has 4 heteroatoms. The van der Waals surface area contributed by atoms with E-state index < -0.39 is 0 Å². The molecule has 23 heavy (non-hydrogen) atoms. The summed E-state index contributed by atoms with van der Waals surface area (Å²) in [5.41, 5.74) is 5.59. The first-order valence-electron chi connectivity index (χ1n) is 8.24. The van der Waals surface area contributed by atoms with Gasteiger partial charge in [-0.25, -0.2) is 0 Å². The Morgan fingerprint density at radius 3 is 2.70 bits per heavy atom. The van der Waals surface area contributed by atoms with E-state index in [4.69, 9.17) is 17.5 Å². The van der Waals surface area contributed by atoms with Crippen molar-refractivity contribution in [2.24, 2.45) is 0 Å². The number of fused-ring (bicyclic) bond motifs is 2. The zero-order valence-electron chi connectivity index (χ0n) is 13.0. The second-order valence-electron chi connectivity index (χ2n) is 6.66. The fourth-order valence-corrected chi connectivity index (χ4v) is 4.47. The van der Waals surface area contributed by atoms with Crippen LogP contribution in [-0.4, -0.2) is 9.97 Å². The normalized spacial score (nSPS) is 18.5. The zero-order chi connectivity index (χ0) is 15.9. The molecule has 0 amide bonds. The summed E-state index contributed by atoms with van der Waals surface area (Å²) in [7, 11) is 0. The minimum absolute atomic E-state index is 0.0620. The van der Waals surface area contributed by atoms with E-state index in [0.717, 1.165) is 29.9 Å². The van der Waals surface area contributed by atoms with Gasteiger partial charge in [-0.15, -0.1) is 0 Å². The fourth-order valence-electron chi connectivity index (χ4n) is 4.05. The molecule has 1 spiro atoms. The van der Waals surface area contributed by atoms with Crippen molar-refractivity contribution in [3.05, 3.63) is 52.8 Å². The predicted molar refractivity (Wildman–Crippen MR) is 95.7 cm³/mol. The van der Waals surface area contributed by atoms with Crippen molar-refractivity contribution in [2.75, 3.05) is 5.32 Å². The van der Waals surface area contributed by atoms with E-state index in [-0.39, 0.29) is 5.41 Å². The van der Waals surface area contributed by atoms with Gasteiger partial charge >= 0.3 is 0 Å². The molecular formula is C19H19N3S. The minimum atomic E-state index is 0.0620. The van der Waals surface area contributed by atoms with E-state index >= 15 is 0 Å². The first-order chi connectivity index (χ1) is 11.2. The van der Waals surface area contributed by atoms with Crippen LogP contribution in [0.4, 0.5) is 5.69 Å². The number of nitrogens with zero attached hydrogens (tertiary/aromatic N) is 1. The number of aromatic nitrogens is 1. The maximum atomic E-state index is 8.94. The van der Waals surface area contributed by atoms with E-state index in [1.807, 2.05) is 12.1 Å². The summed E-state index contributed by atoms with van der Waals surface area (Å²) in [6, 6.07) is 12.6. The number of anilines is 1. The van der Waals surface area contributed by atoms with E-state index in [1.165, 1.54) is 36.1 Å². The molecule has 1 aromatic carbocycles. The highest BCUT2D eigenvalue weighted by Crippen LogP contribution is 2.48. The van der Waals surface area contributed by atoms with E-state index in [2.05, 4.69) is 34.6 Å². The molecule has 1 aromatic heterocycles. The van der Waals surface area contributed by atoms with Gasteiger partial charge in [-0.3, -0.25) is 0 Å². The van der Waals surface area contributed by atoms with Gasteiger partial charge in [0.2, 0.25) is 0 Å². The molecule has 0 atom stereocenters. The van der Waals surface area contributed by atoms with Crippen molar-refractivity contribution in [3.8, 4) is 6.07 Å². The number of rotatable bonds is 2. The molecule has 1 saturated carbocycles. The Kier molecular flexibility index (Phi) is 3.46. The van der Waals surface area contributed by atoms with Gasteiger partial charge in [0, 0.05) is 23.2 Å². The van der Waals surface area contributed by atoms with Gasteiger partial charge in [-0.1, -0.05) is 43.6 Å². The van der Waals surface area contributed by atoms with Gasteiger partial charge in [0.25, 0.3) is 0 Å². The lowest BCUT2D eigenvalue weighted by atomic mass is 9.70. The Bertz CT molecular complexity index is 806. The second-order valence-corrected chi connectivity index (χ2v) is 7.07. The number of aromatic amines is 1. The maximum Gasteiger partial charge on any atom is 0.117 e. The highest BCUT2D eigenvalue weighted by atomic mass is 32.1. The van der Waals surface area contributed by atoms with Gasteiger partial charge in [0.05, 0.1) is 4.99 Å². The summed E-state index contributed by atoms with van der Waals surface area (Å²) in [5.74, 6) is 0. The molecule has 2 heterocycles. The summed E-state index contributed by atoms with van der Waals surface area (Å²) in [6.07, 6.45) is 6.98. The molecule has 1 aliphatic heterocycles. The summed E-state index contributed by atoms with van der Waals surface area (Å²) in [6.45, 7) is 0. The fraction of sp³-hybridized carbons (Fsp3) is 0.368. The first kappa shape index (κ1) is 14.5. The molecule has 4 rings (SSSR count). The molecule has 1 aliphatic carbocycles. The van der Waals surface area contributed by atoms with Crippen LogP contribution in [-0.2, 0) is 11.8 Å². The Labute approximate surface area is 141 Å². The predicted octanol–water partition coefficient (Wildman–Crippen LogP) is 4.43. The Hall–Kier alpha value is -2.12. The van der Waals surface area contributed by atoms with Crippen LogP contribution in [0.15, 0.2) is 30.3 Å². The molecule has 0 unspecified atom stereocenters. The SMILES string of the molecule is N#Cc1ccc(Cc2ccc3c(c2)C2(CCCCC2)C(=S)N3)[nH]1. The number of H-pyrrole nitrogens is 1.